The van der Waals surface area contributed by atoms with E-state index >= 15 is 0 Å². The lowest BCUT2D eigenvalue weighted by Gasteiger charge is -2.18. The number of hydrogen-bond donors (Lipinski definition) is 2. The fourth-order valence-corrected chi connectivity index (χ4v) is 3.55. The highest BCUT2D eigenvalue weighted by Crippen LogP contribution is 2.30. The summed E-state index contributed by atoms with van der Waals surface area (Å²) in [6.07, 6.45) is 5.08. The van der Waals surface area contributed by atoms with Gasteiger partial charge in [-0.25, -0.2) is 0 Å². The highest BCUT2D eigenvalue weighted by molar-refractivity contribution is 6.33. The molecular weight excluding hydrogens is 340 g/mol. The van der Waals surface area contributed by atoms with Crippen molar-refractivity contribution < 1.29 is 14.0 Å². The Morgan fingerprint density at radius 2 is 1.92 bits per heavy atom. The third-order valence-corrected chi connectivity index (χ3v) is 4.99. The van der Waals surface area contributed by atoms with Crippen molar-refractivity contribution in [3.05, 3.63) is 47.2 Å². The number of hydrogen-bond acceptors (Lipinski definition) is 3. The number of nitrogens with two attached hydrogens (primary N) is 1. The van der Waals surface area contributed by atoms with Crippen LogP contribution < -0.4 is 11.1 Å². The Hall–Kier alpha value is -2.27. The second-order valence-electron chi connectivity index (χ2n) is 6.46. The zero-order chi connectivity index (χ0) is 17.8. The SMILES string of the molecule is NC(=O)[C@H](CC1CCCC1)NC(=O)c1ccc(-c2ccccc2Cl)o1. The Bertz CT molecular complexity index is 766. The van der Waals surface area contributed by atoms with E-state index in [1.54, 1.807) is 18.2 Å². The largest absolute Gasteiger partial charge is 0.451 e. The average Bonchev–Trinajstić information content (AvgIpc) is 3.26. The number of primary amides is 1. The molecule has 1 aromatic carbocycles. The molecule has 1 saturated carbocycles. The molecule has 0 unspecified atom stereocenters. The topological polar surface area (TPSA) is 85.3 Å². The van der Waals surface area contributed by atoms with Gasteiger partial charge in [-0.1, -0.05) is 49.4 Å². The minimum atomic E-state index is -0.676. The normalized spacial score (nSPS) is 15.9. The second-order valence-corrected chi connectivity index (χ2v) is 6.87. The van der Waals surface area contributed by atoms with E-state index < -0.39 is 17.9 Å². The van der Waals surface area contributed by atoms with E-state index in [0.29, 0.717) is 28.7 Å². The predicted molar refractivity (Wildman–Crippen MR) is 96.2 cm³/mol. The molecule has 3 N–H and O–H groups in total. The van der Waals surface area contributed by atoms with E-state index in [-0.39, 0.29) is 5.76 Å². The lowest BCUT2D eigenvalue weighted by molar-refractivity contribution is -0.120. The van der Waals surface area contributed by atoms with Gasteiger partial charge in [0.25, 0.3) is 5.91 Å². The predicted octanol–water partition coefficient (Wildman–Crippen LogP) is 3.76. The van der Waals surface area contributed by atoms with Crippen LogP contribution in [-0.4, -0.2) is 17.9 Å². The van der Waals surface area contributed by atoms with E-state index in [1.165, 1.54) is 12.8 Å². The zero-order valence-electron chi connectivity index (χ0n) is 13.8. The van der Waals surface area contributed by atoms with E-state index in [0.717, 1.165) is 12.8 Å². The first-order valence-corrected chi connectivity index (χ1v) is 8.87. The van der Waals surface area contributed by atoms with Crippen LogP contribution in [0, 0.1) is 5.92 Å². The highest BCUT2D eigenvalue weighted by Gasteiger charge is 2.26. The number of benzene rings is 1. The summed E-state index contributed by atoms with van der Waals surface area (Å²) in [5.74, 6) is 0.112. The number of nitrogens with one attached hydrogen (secondary N) is 1. The van der Waals surface area contributed by atoms with Crippen molar-refractivity contribution in [3.63, 3.8) is 0 Å². The molecule has 0 radical (unpaired) electrons. The summed E-state index contributed by atoms with van der Waals surface area (Å²) < 4.78 is 5.61. The van der Waals surface area contributed by atoms with Gasteiger partial charge in [0.15, 0.2) is 5.76 Å². The molecule has 0 bridgehead atoms. The van der Waals surface area contributed by atoms with Gasteiger partial charge in [-0.05, 0) is 36.6 Å². The Labute approximate surface area is 151 Å². The van der Waals surface area contributed by atoms with Crippen LogP contribution in [0.3, 0.4) is 0 Å². The third-order valence-electron chi connectivity index (χ3n) is 4.66. The third kappa shape index (κ3) is 4.23. The van der Waals surface area contributed by atoms with Gasteiger partial charge < -0.3 is 15.5 Å². The van der Waals surface area contributed by atoms with Crippen LogP contribution in [0.15, 0.2) is 40.8 Å². The minimum absolute atomic E-state index is 0.132. The van der Waals surface area contributed by atoms with Crippen LogP contribution >= 0.6 is 11.6 Å². The van der Waals surface area contributed by atoms with Gasteiger partial charge in [0.1, 0.15) is 11.8 Å². The summed E-state index contributed by atoms with van der Waals surface area (Å²) in [4.78, 5) is 24.1. The van der Waals surface area contributed by atoms with Crippen LogP contribution in [0.25, 0.3) is 11.3 Å². The molecular formula is C19H21ClN2O3. The molecule has 5 nitrogen and oxygen atoms in total. The van der Waals surface area contributed by atoms with Crippen molar-refractivity contribution in [2.24, 2.45) is 11.7 Å². The Morgan fingerprint density at radius 3 is 2.60 bits per heavy atom. The summed E-state index contributed by atoms with van der Waals surface area (Å²) in [5, 5.41) is 3.24. The minimum Gasteiger partial charge on any atom is -0.451 e. The molecule has 1 fully saturated rings. The van der Waals surface area contributed by atoms with Crippen LogP contribution in [-0.2, 0) is 4.79 Å². The molecule has 2 amide bonds. The summed E-state index contributed by atoms with van der Waals surface area (Å²) >= 11 is 6.15. The number of carbonyl (C=O) groups excluding carboxylic acids is 2. The first-order chi connectivity index (χ1) is 12.0. The fourth-order valence-electron chi connectivity index (χ4n) is 3.32. The van der Waals surface area contributed by atoms with Crippen molar-refractivity contribution in [1.82, 2.24) is 5.32 Å². The number of rotatable bonds is 6. The smallest absolute Gasteiger partial charge is 0.287 e. The van der Waals surface area contributed by atoms with E-state index in [1.807, 2.05) is 18.2 Å². The molecule has 132 valence electrons. The molecule has 0 aliphatic heterocycles. The molecule has 1 aromatic heterocycles. The van der Waals surface area contributed by atoms with Gasteiger partial charge in [-0.15, -0.1) is 0 Å². The van der Waals surface area contributed by atoms with Gasteiger partial charge in [0, 0.05) is 5.56 Å². The second kappa shape index (κ2) is 7.74. The number of carbonyl (C=O) groups is 2. The first kappa shape index (κ1) is 17.5. The molecule has 1 heterocycles. The summed E-state index contributed by atoms with van der Waals surface area (Å²) in [6, 6.07) is 9.81. The molecule has 1 aliphatic rings. The van der Waals surface area contributed by atoms with Gasteiger partial charge in [0.05, 0.1) is 5.02 Å². The van der Waals surface area contributed by atoms with Crippen molar-refractivity contribution in [2.75, 3.05) is 0 Å². The molecule has 2 aromatic rings. The average molecular weight is 361 g/mol. The van der Waals surface area contributed by atoms with Crippen LogP contribution in [0.2, 0.25) is 5.02 Å². The quantitative estimate of drug-likeness (QED) is 0.822. The summed E-state index contributed by atoms with van der Waals surface area (Å²) in [7, 11) is 0. The lowest BCUT2D eigenvalue weighted by Crippen LogP contribution is -2.45. The maximum absolute atomic E-state index is 12.4. The van der Waals surface area contributed by atoms with Crippen molar-refractivity contribution in [3.8, 4) is 11.3 Å². The Morgan fingerprint density at radius 1 is 1.20 bits per heavy atom. The molecule has 0 saturated heterocycles. The van der Waals surface area contributed by atoms with Gasteiger partial charge >= 0.3 is 0 Å². The first-order valence-electron chi connectivity index (χ1n) is 8.49. The zero-order valence-corrected chi connectivity index (χ0v) is 14.6. The highest BCUT2D eigenvalue weighted by atomic mass is 35.5. The lowest BCUT2D eigenvalue weighted by atomic mass is 9.98. The Kier molecular flexibility index (Phi) is 5.43. The van der Waals surface area contributed by atoms with Crippen LogP contribution in [0.1, 0.15) is 42.7 Å². The fraction of sp³-hybridized carbons (Fsp3) is 0.368. The molecule has 0 spiro atoms. The summed E-state index contributed by atoms with van der Waals surface area (Å²) in [5.41, 5.74) is 6.16. The van der Waals surface area contributed by atoms with E-state index in [4.69, 9.17) is 21.8 Å². The molecule has 3 rings (SSSR count). The van der Waals surface area contributed by atoms with Crippen LogP contribution in [0.5, 0.6) is 0 Å². The maximum atomic E-state index is 12.4. The van der Waals surface area contributed by atoms with Gasteiger partial charge in [-0.2, -0.15) is 0 Å². The monoisotopic (exact) mass is 360 g/mol. The molecule has 1 aliphatic carbocycles. The molecule has 6 heteroatoms. The van der Waals surface area contributed by atoms with Crippen molar-refractivity contribution in [2.45, 2.75) is 38.1 Å². The summed E-state index contributed by atoms with van der Waals surface area (Å²) in [6.45, 7) is 0. The van der Waals surface area contributed by atoms with Crippen molar-refractivity contribution in [1.29, 1.82) is 0 Å². The number of amides is 2. The molecule has 25 heavy (non-hydrogen) atoms. The van der Waals surface area contributed by atoms with Crippen molar-refractivity contribution >= 4 is 23.4 Å². The van der Waals surface area contributed by atoms with Gasteiger partial charge in [0.2, 0.25) is 5.91 Å². The van der Waals surface area contributed by atoms with Crippen LogP contribution in [0.4, 0.5) is 0 Å². The van der Waals surface area contributed by atoms with E-state index in [9.17, 15) is 9.59 Å². The standard InChI is InChI=1S/C19H21ClN2O3/c20-14-8-4-3-7-13(14)16-9-10-17(25-16)19(24)22-15(18(21)23)11-12-5-1-2-6-12/h3-4,7-10,12,15H,1-2,5-6,11H2,(H2,21,23)(H,22,24)/t15-/m0/s1. The number of halogens is 1. The number of furan rings is 1. The van der Waals surface area contributed by atoms with E-state index in [2.05, 4.69) is 5.32 Å². The maximum Gasteiger partial charge on any atom is 0.287 e. The van der Waals surface area contributed by atoms with Gasteiger partial charge in [-0.3, -0.25) is 9.59 Å². The Balaban J connectivity index is 1.70. The molecule has 1 atom stereocenters.